The van der Waals surface area contributed by atoms with Crippen molar-refractivity contribution in [3.63, 3.8) is 0 Å². The van der Waals surface area contributed by atoms with Crippen molar-refractivity contribution in [1.82, 2.24) is 0 Å². The molecule has 0 saturated heterocycles. The Kier molecular flexibility index (Phi) is 5.05. The minimum absolute atomic E-state index is 0.0509. The van der Waals surface area contributed by atoms with Gasteiger partial charge in [-0.1, -0.05) is 0 Å². The van der Waals surface area contributed by atoms with Crippen LogP contribution in [0.3, 0.4) is 0 Å². The third-order valence-corrected chi connectivity index (χ3v) is 2.70. The smallest absolute Gasteiger partial charge is 0.312 e. The third-order valence-electron chi connectivity index (χ3n) is 2.70. The van der Waals surface area contributed by atoms with Crippen LogP contribution < -0.4 is 15.2 Å². The van der Waals surface area contributed by atoms with E-state index in [0.717, 1.165) is 6.07 Å². The molecule has 0 aliphatic rings. The van der Waals surface area contributed by atoms with E-state index < -0.39 is 23.9 Å². The number of carboxylic acids is 1. The fourth-order valence-electron chi connectivity index (χ4n) is 1.76. The maximum absolute atomic E-state index is 13.0. The van der Waals surface area contributed by atoms with Crippen LogP contribution in [0.5, 0.6) is 11.5 Å². The highest BCUT2D eigenvalue weighted by molar-refractivity contribution is 5.77. The van der Waals surface area contributed by atoms with Crippen LogP contribution in [0, 0.1) is 0 Å². The van der Waals surface area contributed by atoms with Crippen LogP contribution in [0.25, 0.3) is 0 Å². The molecule has 0 spiro atoms. The fraction of sp³-hybridized carbons (Fsp3) is 0.417. The van der Waals surface area contributed by atoms with Crippen molar-refractivity contribution in [2.45, 2.75) is 12.3 Å². The highest BCUT2D eigenvalue weighted by atomic mass is 19.3. The summed E-state index contributed by atoms with van der Waals surface area (Å²) in [6, 6.07) is 2.42. The summed E-state index contributed by atoms with van der Waals surface area (Å²) >= 11 is 0. The zero-order chi connectivity index (χ0) is 14.6. The Morgan fingerprint density at radius 2 is 2.00 bits per heavy atom. The molecule has 0 aromatic heterocycles. The average molecular weight is 275 g/mol. The Labute approximate surface area is 108 Å². The van der Waals surface area contributed by atoms with Gasteiger partial charge in [0, 0.05) is 6.54 Å². The summed E-state index contributed by atoms with van der Waals surface area (Å²) in [5, 5.41) is 9.01. The molecule has 0 bridgehead atoms. The van der Waals surface area contributed by atoms with Crippen LogP contribution in [-0.2, 0) is 4.79 Å². The van der Waals surface area contributed by atoms with Crippen molar-refractivity contribution in [3.05, 3.63) is 23.3 Å². The van der Waals surface area contributed by atoms with E-state index in [1.807, 2.05) is 0 Å². The van der Waals surface area contributed by atoms with Crippen LogP contribution in [0.1, 0.15) is 23.5 Å². The van der Waals surface area contributed by atoms with Crippen LogP contribution in [0.2, 0.25) is 0 Å². The molecular weight excluding hydrogens is 260 g/mol. The number of rotatable bonds is 6. The second-order valence-electron chi connectivity index (χ2n) is 3.77. The van der Waals surface area contributed by atoms with Crippen LogP contribution in [0.15, 0.2) is 12.1 Å². The Balaban J connectivity index is 3.43. The van der Waals surface area contributed by atoms with Crippen molar-refractivity contribution >= 4 is 5.97 Å². The largest absolute Gasteiger partial charge is 0.493 e. The zero-order valence-corrected chi connectivity index (χ0v) is 10.5. The lowest BCUT2D eigenvalue weighted by molar-refractivity contribution is -0.138. The summed E-state index contributed by atoms with van der Waals surface area (Å²) in [4.78, 5) is 11.0. The summed E-state index contributed by atoms with van der Waals surface area (Å²) in [7, 11) is 2.52. The molecule has 1 atom stereocenters. The Morgan fingerprint density at radius 3 is 2.37 bits per heavy atom. The van der Waals surface area contributed by atoms with Gasteiger partial charge >= 0.3 is 5.97 Å². The highest BCUT2D eigenvalue weighted by Gasteiger charge is 2.25. The van der Waals surface area contributed by atoms with Gasteiger partial charge < -0.3 is 20.3 Å². The van der Waals surface area contributed by atoms with E-state index in [-0.39, 0.29) is 23.6 Å². The van der Waals surface area contributed by atoms with Gasteiger partial charge in [0.25, 0.3) is 6.43 Å². The standard InChI is InChI=1S/C12H15F2NO4/c1-18-9-4-6(8(5-15)12(16)17)3-7(11(13)14)10(9)19-2/h3-4,8,11H,5,15H2,1-2H3,(H,16,17). The molecule has 1 aromatic rings. The number of benzene rings is 1. The number of ether oxygens (including phenoxy) is 2. The first-order valence-electron chi connectivity index (χ1n) is 5.43. The minimum atomic E-state index is -2.81. The van der Waals surface area contributed by atoms with E-state index in [4.69, 9.17) is 20.3 Å². The summed E-state index contributed by atoms with van der Waals surface area (Å²) in [6.07, 6.45) is -2.81. The Morgan fingerprint density at radius 1 is 1.37 bits per heavy atom. The quantitative estimate of drug-likeness (QED) is 0.826. The third kappa shape index (κ3) is 3.11. The van der Waals surface area contributed by atoms with Gasteiger partial charge in [0.05, 0.1) is 25.7 Å². The minimum Gasteiger partial charge on any atom is -0.493 e. The number of carboxylic acid groups (broad SMARTS) is 1. The topological polar surface area (TPSA) is 81.8 Å². The second-order valence-corrected chi connectivity index (χ2v) is 3.77. The summed E-state index contributed by atoms with van der Waals surface area (Å²) < 4.78 is 35.8. The van der Waals surface area contributed by atoms with Crippen molar-refractivity contribution in [3.8, 4) is 11.5 Å². The fourth-order valence-corrected chi connectivity index (χ4v) is 1.76. The molecule has 0 aliphatic heterocycles. The summed E-state index contributed by atoms with van der Waals surface area (Å²) in [5.74, 6) is -2.32. The van der Waals surface area contributed by atoms with Gasteiger partial charge in [-0.15, -0.1) is 0 Å². The number of halogens is 2. The molecule has 1 unspecified atom stereocenters. The molecule has 0 radical (unpaired) electrons. The maximum Gasteiger partial charge on any atom is 0.312 e. The number of nitrogens with two attached hydrogens (primary N) is 1. The van der Waals surface area contributed by atoms with Gasteiger partial charge in [-0.25, -0.2) is 8.78 Å². The molecule has 3 N–H and O–H groups in total. The molecule has 19 heavy (non-hydrogen) atoms. The van der Waals surface area contributed by atoms with E-state index in [2.05, 4.69) is 0 Å². The molecular formula is C12H15F2NO4. The van der Waals surface area contributed by atoms with Crippen molar-refractivity contribution in [2.75, 3.05) is 20.8 Å². The molecule has 0 heterocycles. The maximum atomic E-state index is 13.0. The highest BCUT2D eigenvalue weighted by Crippen LogP contribution is 2.39. The van der Waals surface area contributed by atoms with Crippen LogP contribution in [-0.4, -0.2) is 31.8 Å². The monoisotopic (exact) mass is 275 g/mol. The van der Waals surface area contributed by atoms with Gasteiger partial charge in [0.2, 0.25) is 0 Å². The number of alkyl halides is 2. The number of methoxy groups -OCH3 is 2. The average Bonchev–Trinajstić information content (AvgIpc) is 2.37. The van der Waals surface area contributed by atoms with E-state index in [9.17, 15) is 13.6 Å². The molecule has 0 amide bonds. The number of hydrogen-bond donors (Lipinski definition) is 2. The predicted molar refractivity (Wildman–Crippen MR) is 63.9 cm³/mol. The van der Waals surface area contributed by atoms with Crippen LogP contribution in [0.4, 0.5) is 8.78 Å². The lowest BCUT2D eigenvalue weighted by Gasteiger charge is -2.17. The van der Waals surface area contributed by atoms with E-state index >= 15 is 0 Å². The van der Waals surface area contributed by atoms with Crippen molar-refractivity contribution in [1.29, 1.82) is 0 Å². The van der Waals surface area contributed by atoms with Gasteiger partial charge in [-0.3, -0.25) is 4.79 Å². The molecule has 7 heteroatoms. The van der Waals surface area contributed by atoms with E-state index in [0.29, 0.717) is 0 Å². The molecule has 0 saturated carbocycles. The Bertz CT molecular complexity index is 465. The lowest BCUT2D eigenvalue weighted by atomic mass is 9.96. The van der Waals surface area contributed by atoms with Gasteiger partial charge in [0.15, 0.2) is 11.5 Å². The number of carbonyl (C=O) groups is 1. The molecule has 0 aliphatic carbocycles. The van der Waals surface area contributed by atoms with Gasteiger partial charge in [0.1, 0.15) is 0 Å². The zero-order valence-electron chi connectivity index (χ0n) is 10.5. The molecule has 1 aromatic carbocycles. The first-order valence-corrected chi connectivity index (χ1v) is 5.43. The first-order chi connectivity index (χ1) is 8.96. The number of aliphatic carboxylic acids is 1. The van der Waals surface area contributed by atoms with Crippen molar-refractivity contribution < 1.29 is 28.2 Å². The van der Waals surface area contributed by atoms with E-state index in [1.54, 1.807) is 0 Å². The summed E-state index contributed by atoms with van der Waals surface area (Å²) in [5.41, 5.74) is 5.09. The van der Waals surface area contributed by atoms with Crippen LogP contribution >= 0.6 is 0 Å². The lowest BCUT2D eigenvalue weighted by Crippen LogP contribution is -2.21. The van der Waals surface area contributed by atoms with Gasteiger partial charge in [-0.2, -0.15) is 0 Å². The second kappa shape index (κ2) is 6.33. The Hall–Kier alpha value is -1.89. The van der Waals surface area contributed by atoms with Gasteiger partial charge in [-0.05, 0) is 17.7 Å². The first kappa shape index (κ1) is 15.2. The molecule has 106 valence electrons. The SMILES string of the molecule is COc1cc(C(CN)C(=O)O)cc(C(F)F)c1OC. The summed E-state index contributed by atoms with van der Waals surface area (Å²) in [6.45, 7) is -0.201. The predicted octanol–water partition coefficient (Wildman–Crippen LogP) is 1.77. The van der Waals surface area contributed by atoms with E-state index in [1.165, 1.54) is 20.3 Å². The number of hydrogen-bond acceptors (Lipinski definition) is 4. The normalized spacial score (nSPS) is 12.3. The molecule has 5 nitrogen and oxygen atoms in total. The molecule has 0 fully saturated rings. The molecule has 1 rings (SSSR count). The van der Waals surface area contributed by atoms with Crippen molar-refractivity contribution in [2.24, 2.45) is 5.73 Å².